The molecule has 1 aromatic carbocycles. The number of para-hydroxylation sites is 1. The van der Waals surface area contributed by atoms with E-state index in [0.29, 0.717) is 12.7 Å². The lowest BCUT2D eigenvalue weighted by Gasteiger charge is -2.08. The van der Waals surface area contributed by atoms with Crippen molar-refractivity contribution in [2.45, 2.75) is 18.7 Å². The molecule has 0 aliphatic carbocycles. The largest absolute Gasteiger partial charge is 0.506 e. The molecule has 0 aliphatic rings. The molecular formula is C11H11ClO3. The average Bonchev–Trinajstić information content (AvgIpc) is 2.27. The molecule has 15 heavy (non-hydrogen) atoms. The minimum absolute atomic E-state index is 0.0980. The predicted octanol–water partition coefficient (Wildman–Crippen LogP) is 2.40. The maximum absolute atomic E-state index is 11.7. The first-order valence-electron chi connectivity index (χ1n) is 4.57. The number of rotatable bonds is 4. The van der Waals surface area contributed by atoms with Crippen LogP contribution in [0.5, 0.6) is 5.75 Å². The summed E-state index contributed by atoms with van der Waals surface area (Å²) in [6.07, 6.45) is 0.979. The molecule has 0 aromatic heterocycles. The number of benzene rings is 1. The fraction of sp³-hybridized carbons (Fsp3) is 0.273. The predicted molar refractivity (Wildman–Crippen MR) is 57.8 cm³/mol. The van der Waals surface area contributed by atoms with Gasteiger partial charge < -0.3 is 5.11 Å². The summed E-state index contributed by atoms with van der Waals surface area (Å²) in [6.45, 7) is 1.77. The van der Waals surface area contributed by atoms with Crippen molar-refractivity contribution in [2.24, 2.45) is 0 Å². The molecule has 1 N–H and O–H groups in total. The number of halogens is 1. The highest BCUT2D eigenvalue weighted by molar-refractivity contribution is 6.34. The summed E-state index contributed by atoms with van der Waals surface area (Å²) in [5, 5.41) is 8.92. The Hall–Kier alpha value is -1.35. The topological polar surface area (TPSA) is 54.4 Å². The van der Waals surface area contributed by atoms with Gasteiger partial charge in [0.05, 0.1) is 16.5 Å². The molecule has 0 bridgehead atoms. The maximum Gasteiger partial charge on any atom is 0.184 e. The van der Waals surface area contributed by atoms with Crippen LogP contribution in [0.2, 0.25) is 0 Å². The van der Waals surface area contributed by atoms with E-state index in [1.165, 1.54) is 18.2 Å². The standard InChI is InChI=1S/C11H11ClO3/c1-2-9(12)11(15)8-5-3-4-7(6-13)10(8)14/h3-6,9,14H,2H2,1H3. The molecule has 4 heteroatoms. The molecule has 0 radical (unpaired) electrons. The van der Waals surface area contributed by atoms with Gasteiger partial charge in [-0.1, -0.05) is 13.0 Å². The minimum Gasteiger partial charge on any atom is -0.506 e. The fourth-order valence-corrected chi connectivity index (χ4v) is 1.33. The number of phenolic OH excluding ortho intramolecular Hbond substituents is 1. The van der Waals surface area contributed by atoms with Gasteiger partial charge in [-0.2, -0.15) is 0 Å². The van der Waals surface area contributed by atoms with Crippen LogP contribution in [0.1, 0.15) is 34.1 Å². The monoisotopic (exact) mass is 226 g/mol. The molecular weight excluding hydrogens is 216 g/mol. The van der Waals surface area contributed by atoms with Crippen LogP contribution in [0.3, 0.4) is 0 Å². The molecule has 0 saturated carbocycles. The van der Waals surface area contributed by atoms with E-state index in [0.717, 1.165) is 0 Å². The quantitative estimate of drug-likeness (QED) is 0.487. The SMILES string of the molecule is CCC(Cl)C(=O)c1cccc(C=O)c1O. The number of aromatic hydroxyl groups is 1. The second-order valence-electron chi connectivity index (χ2n) is 3.10. The van der Waals surface area contributed by atoms with Crippen LogP contribution in [-0.2, 0) is 0 Å². The maximum atomic E-state index is 11.7. The zero-order valence-electron chi connectivity index (χ0n) is 8.24. The molecule has 1 unspecified atom stereocenters. The summed E-state index contributed by atoms with van der Waals surface area (Å²) in [4.78, 5) is 22.2. The van der Waals surface area contributed by atoms with Gasteiger partial charge >= 0.3 is 0 Å². The number of carbonyl (C=O) groups is 2. The van der Waals surface area contributed by atoms with E-state index < -0.39 is 5.38 Å². The van der Waals surface area contributed by atoms with Crippen molar-refractivity contribution in [3.8, 4) is 5.75 Å². The number of hydrogen-bond donors (Lipinski definition) is 1. The Labute approximate surface area is 92.7 Å². The third kappa shape index (κ3) is 2.36. The van der Waals surface area contributed by atoms with E-state index >= 15 is 0 Å². The lowest BCUT2D eigenvalue weighted by atomic mass is 10.0. The van der Waals surface area contributed by atoms with Crippen molar-refractivity contribution in [3.63, 3.8) is 0 Å². The van der Waals surface area contributed by atoms with E-state index in [-0.39, 0.29) is 22.7 Å². The second-order valence-corrected chi connectivity index (χ2v) is 3.63. The van der Waals surface area contributed by atoms with Crippen LogP contribution >= 0.6 is 11.6 Å². The number of Topliss-reactive ketones (excluding diaryl/α,β-unsaturated/α-hetero) is 1. The van der Waals surface area contributed by atoms with Crippen molar-refractivity contribution in [1.82, 2.24) is 0 Å². The molecule has 1 rings (SSSR count). The van der Waals surface area contributed by atoms with E-state index in [9.17, 15) is 14.7 Å². The van der Waals surface area contributed by atoms with Gasteiger partial charge in [-0.3, -0.25) is 9.59 Å². The molecule has 0 heterocycles. The normalized spacial score (nSPS) is 12.1. The zero-order chi connectivity index (χ0) is 11.4. The van der Waals surface area contributed by atoms with Crippen molar-refractivity contribution in [2.75, 3.05) is 0 Å². The van der Waals surface area contributed by atoms with Crippen molar-refractivity contribution < 1.29 is 14.7 Å². The van der Waals surface area contributed by atoms with Crippen LogP contribution in [0.15, 0.2) is 18.2 Å². The van der Waals surface area contributed by atoms with Gasteiger partial charge in [0.15, 0.2) is 12.1 Å². The van der Waals surface area contributed by atoms with Gasteiger partial charge in [0.2, 0.25) is 0 Å². The molecule has 1 aromatic rings. The Kier molecular flexibility index (Phi) is 3.86. The molecule has 3 nitrogen and oxygen atoms in total. The molecule has 0 saturated heterocycles. The molecule has 0 amide bonds. The van der Waals surface area contributed by atoms with Gasteiger partial charge in [-0.05, 0) is 18.6 Å². The third-order valence-electron chi connectivity index (χ3n) is 2.10. The number of alkyl halides is 1. The van der Waals surface area contributed by atoms with Crippen molar-refractivity contribution >= 4 is 23.7 Å². The average molecular weight is 227 g/mol. The Morgan fingerprint density at radius 2 is 2.27 bits per heavy atom. The van der Waals surface area contributed by atoms with Crippen molar-refractivity contribution in [3.05, 3.63) is 29.3 Å². The lowest BCUT2D eigenvalue weighted by Crippen LogP contribution is -2.14. The fourth-order valence-electron chi connectivity index (χ4n) is 1.21. The first-order chi connectivity index (χ1) is 7.11. The number of carbonyl (C=O) groups excluding carboxylic acids is 2. The summed E-state index contributed by atoms with van der Waals surface area (Å²) in [5.74, 6) is -0.656. The molecule has 1 atom stereocenters. The Morgan fingerprint density at radius 1 is 1.60 bits per heavy atom. The van der Waals surface area contributed by atoms with Crippen LogP contribution in [-0.4, -0.2) is 22.6 Å². The Morgan fingerprint density at radius 3 is 2.80 bits per heavy atom. The molecule has 0 spiro atoms. The number of aldehydes is 1. The second kappa shape index (κ2) is 4.94. The summed E-state index contributed by atoms with van der Waals surface area (Å²) >= 11 is 5.77. The van der Waals surface area contributed by atoms with Gasteiger partial charge in [0.1, 0.15) is 5.75 Å². The third-order valence-corrected chi connectivity index (χ3v) is 2.61. The highest BCUT2D eigenvalue weighted by Gasteiger charge is 2.19. The van der Waals surface area contributed by atoms with Gasteiger partial charge in [0.25, 0.3) is 0 Å². The van der Waals surface area contributed by atoms with Crippen LogP contribution in [0.4, 0.5) is 0 Å². The number of hydrogen-bond acceptors (Lipinski definition) is 3. The summed E-state index contributed by atoms with van der Waals surface area (Å²) in [6, 6.07) is 4.43. The lowest BCUT2D eigenvalue weighted by molar-refractivity contribution is 0.0983. The first-order valence-corrected chi connectivity index (χ1v) is 5.00. The summed E-state index contributed by atoms with van der Waals surface area (Å²) in [7, 11) is 0. The Balaban J connectivity index is 3.15. The molecule has 0 aliphatic heterocycles. The smallest absolute Gasteiger partial charge is 0.184 e. The summed E-state index contributed by atoms with van der Waals surface area (Å²) < 4.78 is 0. The van der Waals surface area contributed by atoms with E-state index in [1.807, 2.05) is 0 Å². The van der Waals surface area contributed by atoms with E-state index in [1.54, 1.807) is 6.92 Å². The van der Waals surface area contributed by atoms with Gasteiger partial charge in [-0.25, -0.2) is 0 Å². The van der Waals surface area contributed by atoms with E-state index in [2.05, 4.69) is 0 Å². The number of ketones is 1. The van der Waals surface area contributed by atoms with Crippen LogP contribution < -0.4 is 0 Å². The van der Waals surface area contributed by atoms with Crippen LogP contribution in [0, 0.1) is 0 Å². The molecule has 80 valence electrons. The summed E-state index contributed by atoms with van der Waals surface area (Å²) in [5.41, 5.74) is 0.197. The first kappa shape index (κ1) is 11.7. The minimum atomic E-state index is -0.669. The van der Waals surface area contributed by atoms with Gasteiger partial charge in [-0.15, -0.1) is 11.6 Å². The van der Waals surface area contributed by atoms with Crippen LogP contribution in [0.25, 0.3) is 0 Å². The van der Waals surface area contributed by atoms with E-state index in [4.69, 9.17) is 11.6 Å². The Bertz CT molecular complexity index is 387. The molecule has 0 fully saturated rings. The zero-order valence-corrected chi connectivity index (χ0v) is 8.99. The highest BCUT2D eigenvalue weighted by atomic mass is 35.5. The van der Waals surface area contributed by atoms with Crippen molar-refractivity contribution in [1.29, 1.82) is 0 Å². The number of phenols is 1. The highest BCUT2D eigenvalue weighted by Crippen LogP contribution is 2.24. The van der Waals surface area contributed by atoms with Gasteiger partial charge in [0, 0.05) is 0 Å².